The van der Waals surface area contributed by atoms with E-state index in [1.54, 1.807) is 0 Å². The van der Waals surface area contributed by atoms with Gasteiger partial charge >= 0.3 is 27.6 Å². The molecule has 2 aromatic rings. The maximum Gasteiger partial charge on any atom is 0.499 e. The highest BCUT2D eigenvalue weighted by Crippen LogP contribution is 2.39. The smallest absolute Gasteiger partial charge is 0.480 e. The number of carboxylic acid groups (broad SMARTS) is 1. The first-order valence-corrected chi connectivity index (χ1v) is 18.7. The Kier molecular flexibility index (Phi) is 16.1. The van der Waals surface area contributed by atoms with Gasteiger partial charge in [0.2, 0.25) is 6.23 Å². The highest BCUT2D eigenvalue weighted by molar-refractivity contribution is 7.46. The number of hydrogen-bond acceptors (Lipinski definition) is 18. The first kappa shape index (κ1) is 44.9. The highest BCUT2D eigenvalue weighted by Gasteiger charge is 2.50. The molecule has 54 heavy (non-hydrogen) atoms. The van der Waals surface area contributed by atoms with Gasteiger partial charge in [-0.3, -0.25) is 28.6 Å². The number of H-pyrrole nitrogens is 1. The first-order chi connectivity index (χ1) is 25.1. The van der Waals surface area contributed by atoms with E-state index in [9.17, 15) is 43.9 Å². The van der Waals surface area contributed by atoms with E-state index in [1.165, 1.54) is 17.1 Å². The Morgan fingerprint density at radius 3 is 2.15 bits per heavy atom. The number of rotatable bonds is 13. The number of aliphatic carboxylic acids is 1. The van der Waals surface area contributed by atoms with Gasteiger partial charge in [-0.15, -0.1) is 0 Å². The Morgan fingerprint density at radius 1 is 1.00 bits per heavy atom. The van der Waals surface area contributed by atoms with Crippen LogP contribution in [-0.2, 0) is 32.4 Å². The van der Waals surface area contributed by atoms with Crippen LogP contribution in [0.5, 0.6) is 0 Å². The van der Waals surface area contributed by atoms with Gasteiger partial charge in [0.15, 0.2) is 23.2 Å². The number of fused-ring (bicyclic) bond motifs is 1. The SMILES string of the molecule is N=C1CC=[N+]([C@@H]2O[C@H](COP(=O)(O)O)[C@@H](O)[C@H]2O)C(=O)N1.NCCCC[C@H](N)C(=O)O.O=c1[nH]cnc2c1ncn2[C@@H]1O[C@H](COP(=O)(O)O)[C@@H](O)[C@H]1O. The van der Waals surface area contributed by atoms with Gasteiger partial charge in [0.1, 0.15) is 42.7 Å². The number of imidazole rings is 1. The molecule has 0 unspecified atom stereocenters. The Hall–Kier alpha value is -3.47. The highest BCUT2D eigenvalue weighted by atomic mass is 31.2. The molecule has 0 radical (unpaired) electrons. The number of carbonyl (C=O) groups excluding carboxylic acids is 1. The monoisotopic (exact) mass is 818 g/mol. The molecule has 3 aliphatic rings. The number of carbonyl (C=O) groups is 2. The largest absolute Gasteiger partial charge is 0.499 e. The summed E-state index contributed by atoms with van der Waals surface area (Å²) in [5.74, 6) is -0.956. The third-order valence-corrected chi connectivity index (χ3v) is 8.64. The van der Waals surface area contributed by atoms with E-state index in [0.29, 0.717) is 13.0 Å². The number of ether oxygens (including phenoxy) is 2. The summed E-state index contributed by atoms with van der Waals surface area (Å²) in [4.78, 5) is 78.1. The van der Waals surface area contributed by atoms with E-state index in [-0.39, 0.29) is 23.4 Å². The van der Waals surface area contributed by atoms with Crippen LogP contribution >= 0.6 is 15.6 Å². The minimum absolute atomic E-state index is 0.0210. The van der Waals surface area contributed by atoms with Crippen LogP contribution in [0.15, 0.2) is 17.4 Å². The number of nitrogens with zero attached hydrogens (tertiary/aromatic N) is 4. The topological polar surface area (TPSA) is 442 Å². The van der Waals surface area contributed by atoms with Crippen LogP contribution in [0.3, 0.4) is 0 Å². The first-order valence-electron chi connectivity index (χ1n) is 15.7. The lowest BCUT2D eigenvalue weighted by molar-refractivity contribution is -0.535. The Bertz CT molecular complexity index is 1800. The van der Waals surface area contributed by atoms with E-state index in [1.807, 2.05) is 0 Å². The fourth-order valence-electron chi connectivity index (χ4n) is 4.95. The summed E-state index contributed by atoms with van der Waals surface area (Å²) in [6.07, 6.45) is -4.67. The minimum Gasteiger partial charge on any atom is -0.480 e. The Morgan fingerprint density at radius 2 is 1.59 bits per heavy atom. The molecule has 16 N–H and O–H groups in total. The van der Waals surface area contributed by atoms with Crippen molar-refractivity contribution in [3.05, 3.63) is 23.0 Å². The number of phosphoric ester groups is 2. The molecule has 27 nitrogen and oxygen atoms in total. The van der Waals surface area contributed by atoms with E-state index in [4.69, 9.17) is 51.0 Å². The average Bonchev–Trinajstić information content (AvgIpc) is 3.73. The molecule has 9 atom stereocenters. The summed E-state index contributed by atoms with van der Waals surface area (Å²) in [5, 5.41) is 57.5. The average molecular weight is 819 g/mol. The van der Waals surface area contributed by atoms with Crippen molar-refractivity contribution in [1.82, 2.24) is 24.8 Å². The number of phosphoric acid groups is 2. The van der Waals surface area contributed by atoms with Gasteiger partial charge < -0.3 is 71.0 Å². The minimum atomic E-state index is -4.74. The number of amidine groups is 1. The molecule has 2 amide bonds. The summed E-state index contributed by atoms with van der Waals surface area (Å²) in [6.45, 7) is -0.670. The van der Waals surface area contributed by atoms with E-state index >= 15 is 0 Å². The molecule has 0 saturated carbocycles. The molecule has 2 aromatic heterocycles. The maximum absolute atomic E-state index is 11.7. The summed E-state index contributed by atoms with van der Waals surface area (Å²) < 4.78 is 42.6. The molecule has 5 heterocycles. The number of aromatic amines is 1. The number of unbranched alkanes of at least 4 members (excludes halogenated alkanes) is 1. The van der Waals surface area contributed by atoms with Crippen molar-refractivity contribution in [2.75, 3.05) is 19.8 Å². The third kappa shape index (κ3) is 12.5. The van der Waals surface area contributed by atoms with Gasteiger partial charge in [-0.25, -0.2) is 19.1 Å². The van der Waals surface area contributed by atoms with E-state index < -0.39 is 102 Å². The van der Waals surface area contributed by atoms with Crippen LogP contribution in [0.2, 0.25) is 0 Å². The molecule has 2 fully saturated rings. The van der Waals surface area contributed by atoms with Gasteiger partial charge in [-0.1, -0.05) is 6.42 Å². The van der Waals surface area contributed by atoms with Crippen molar-refractivity contribution in [2.45, 2.75) is 80.8 Å². The zero-order valence-corrected chi connectivity index (χ0v) is 29.7. The molecule has 0 aliphatic carbocycles. The number of amides is 2. The van der Waals surface area contributed by atoms with Gasteiger partial charge in [0, 0.05) is 0 Å². The molecular formula is C25H42N9O18P2+. The van der Waals surface area contributed by atoms with Crippen molar-refractivity contribution in [2.24, 2.45) is 11.5 Å². The van der Waals surface area contributed by atoms with Crippen molar-refractivity contribution >= 4 is 50.9 Å². The van der Waals surface area contributed by atoms with Crippen LogP contribution in [0.1, 0.15) is 31.9 Å². The number of nitrogens with one attached hydrogen (secondary N) is 3. The van der Waals surface area contributed by atoms with Gasteiger partial charge in [-0.2, -0.15) is 14.7 Å². The van der Waals surface area contributed by atoms with Crippen LogP contribution in [0.25, 0.3) is 11.2 Å². The van der Waals surface area contributed by atoms with Crippen LogP contribution < -0.4 is 22.3 Å². The summed E-state index contributed by atoms with van der Waals surface area (Å²) in [7, 11) is -9.48. The zero-order chi connectivity index (χ0) is 40.5. The van der Waals surface area contributed by atoms with Crippen LogP contribution in [-0.4, -0.2) is 162 Å². The fraction of sp³-hybridized carbons (Fsp3) is 0.640. The molecule has 29 heteroatoms. The van der Waals surface area contributed by atoms with Crippen LogP contribution in [0, 0.1) is 5.41 Å². The Balaban J connectivity index is 0.000000235. The fourth-order valence-corrected chi connectivity index (χ4v) is 5.63. The molecule has 0 bridgehead atoms. The number of nitrogens with two attached hydrogens (primary N) is 2. The van der Waals surface area contributed by atoms with Gasteiger partial charge in [0.05, 0.1) is 38.5 Å². The quantitative estimate of drug-likeness (QED) is 0.0511. The van der Waals surface area contributed by atoms with Crippen molar-refractivity contribution < 1.29 is 86.9 Å². The van der Waals surface area contributed by atoms with Crippen molar-refractivity contribution in [3.63, 3.8) is 0 Å². The van der Waals surface area contributed by atoms with Gasteiger partial charge in [0.25, 0.3) is 5.56 Å². The Labute approximate surface area is 303 Å². The van der Waals surface area contributed by atoms with Crippen LogP contribution in [0.4, 0.5) is 4.79 Å². The molecule has 304 valence electrons. The molecular weight excluding hydrogens is 776 g/mol. The standard InChI is InChI=1S/C10H13N4O8P.C9H14N3O8P.C6H14N2O2/c15-6-4(1-21-23(18,19)20)22-10(7(6)16)14-3-13-5-8(14)11-2-12-9(5)17;10-5-1-2-12(9(15)11-5)8-7(14)6(13)4(20-8)3-19-21(16,17)18;7-4-2-1-3-5(8)6(9)10/h2-4,6-7,10,15-16H,1H2,(H,11,12,17)(H2,18,19,20);2,4,6-8,13-14H,1,3H2,(H3-,10,11,15,16,17,18);5H,1-4,7-8H2,(H,9,10)/p+1/t4-,6-,7-,10-;4-,6-,7-,8-;5-/m110/s1. The molecule has 0 spiro atoms. The normalized spacial score (nSPS) is 27.7. The molecule has 5 rings (SSSR count). The second-order valence-corrected chi connectivity index (χ2v) is 14.1. The number of aliphatic hydroxyl groups excluding tert-OH is 4. The summed E-state index contributed by atoms with van der Waals surface area (Å²) in [6, 6.07) is -1.43. The number of aromatic nitrogens is 4. The van der Waals surface area contributed by atoms with Crippen molar-refractivity contribution in [1.29, 1.82) is 5.41 Å². The predicted molar refractivity (Wildman–Crippen MR) is 176 cm³/mol. The summed E-state index contributed by atoms with van der Waals surface area (Å²) in [5.41, 5.74) is 10.1. The van der Waals surface area contributed by atoms with Gasteiger partial charge in [-0.05, 0) is 19.4 Å². The number of hydrogen-bond donors (Lipinski definition) is 14. The predicted octanol–water partition coefficient (Wildman–Crippen LogP) is -4.91. The third-order valence-electron chi connectivity index (χ3n) is 7.67. The van der Waals surface area contributed by atoms with Crippen molar-refractivity contribution in [3.8, 4) is 0 Å². The molecule has 0 aromatic carbocycles. The number of urea groups is 1. The lowest BCUT2D eigenvalue weighted by Crippen LogP contribution is -2.50. The number of carboxylic acids is 1. The molecule has 3 aliphatic heterocycles. The van der Waals surface area contributed by atoms with E-state index in [0.717, 1.165) is 23.7 Å². The summed E-state index contributed by atoms with van der Waals surface area (Å²) >= 11 is 0. The second-order valence-electron chi connectivity index (χ2n) is 11.7. The zero-order valence-electron chi connectivity index (χ0n) is 27.9. The molecule has 2 saturated heterocycles. The number of aliphatic hydroxyl groups is 4. The second kappa shape index (κ2) is 19.4. The lowest BCUT2D eigenvalue weighted by Gasteiger charge is -2.17. The maximum atomic E-state index is 11.7. The lowest BCUT2D eigenvalue weighted by atomic mass is 10.1. The van der Waals surface area contributed by atoms with E-state index in [2.05, 4.69) is 29.3 Å².